The number of hydrogen-bond acceptors (Lipinski definition) is 6. The van der Waals surface area contributed by atoms with Crippen molar-refractivity contribution in [2.45, 2.75) is 335 Å². The van der Waals surface area contributed by atoms with Crippen LogP contribution in [0.5, 0.6) is 0 Å². The van der Waals surface area contributed by atoms with E-state index in [0.29, 0.717) is 19.3 Å². The molecule has 71 heavy (non-hydrogen) atoms. The zero-order chi connectivity index (χ0) is 51.4. The van der Waals surface area contributed by atoms with Gasteiger partial charge < -0.3 is 14.2 Å². The van der Waals surface area contributed by atoms with Gasteiger partial charge in [-0.25, -0.2) is 0 Å². The van der Waals surface area contributed by atoms with Crippen molar-refractivity contribution in [3.05, 3.63) is 48.6 Å². The number of unbranched alkanes of at least 4 members (excludes halogenated alkanes) is 38. The molecule has 0 saturated heterocycles. The Morgan fingerprint density at radius 3 is 0.859 bits per heavy atom. The molecule has 1 atom stereocenters. The second-order valence-corrected chi connectivity index (χ2v) is 21.0. The van der Waals surface area contributed by atoms with Crippen molar-refractivity contribution in [1.82, 2.24) is 0 Å². The van der Waals surface area contributed by atoms with Crippen molar-refractivity contribution in [3.8, 4) is 0 Å². The largest absolute Gasteiger partial charge is 0.462 e. The van der Waals surface area contributed by atoms with Crippen LogP contribution in [-0.2, 0) is 28.6 Å². The fourth-order valence-corrected chi connectivity index (χ4v) is 9.20. The number of carbonyl (C=O) groups is 3. The first-order valence-corrected chi connectivity index (χ1v) is 31.1. The van der Waals surface area contributed by atoms with Crippen LogP contribution in [-0.4, -0.2) is 37.2 Å². The minimum Gasteiger partial charge on any atom is -0.462 e. The summed E-state index contributed by atoms with van der Waals surface area (Å²) in [5, 5.41) is 0. The van der Waals surface area contributed by atoms with Crippen LogP contribution in [0.25, 0.3) is 0 Å². The molecule has 0 saturated carbocycles. The second kappa shape index (κ2) is 59.9. The zero-order valence-electron chi connectivity index (χ0n) is 47.5. The Balaban J connectivity index is 4.00. The predicted octanol–water partition coefficient (Wildman–Crippen LogP) is 21.0. The van der Waals surface area contributed by atoms with Gasteiger partial charge in [-0.2, -0.15) is 0 Å². The molecule has 0 heterocycles. The minimum atomic E-state index is -0.772. The van der Waals surface area contributed by atoms with E-state index in [-0.39, 0.29) is 31.1 Å². The van der Waals surface area contributed by atoms with Crippen molar-refractivity contribution in [1.29, 1.82) is 0 Å². The molecule has 0 amide bonds. The molecule has 6 nitrogen and oxygen atoms in total. The van der Waals surface area contributed by atoms with Gasteiger partial charge >= 0.3 is 17.9 Å². The molecule has 0 aromatic carbocycles. The molecular formula is C65H118O6. The lowest BCUT2D eigenvalue weighted by Crippen LogP contribution is -2.30. The molecule has 0 aromatic heterocycles. The van der Waals surface area contributed by atoms with Crippen LogP contribution in [0.1, 0.15) is 329 Å². The Morgan fingerprint density at radius 2 is 0.549 bits per heavy atom. The molecule has 0 aliphatic rings. The maximum absolute atomic E-state index is 12.8. The summed E-state index contributed by atoms with van der Waals surface area (Å²) >= 11 is 0. The van der Waals surface area contributed by atoms with Crippen LogP contribution < -0.4 is 0 Å². The van der Waals surface area contributed by atoms with Crippen molar-refractivity contribution >= 4 is 17.9 Å². The Bertz CT molecular complexity index is 1230. The lowest BCUT2D eigenvalue weighted by Gasteiger charge is -2.18. The Labute approximate surface area is 441 Å². The summed E-state index contributed by atoms with van der Waals surface area (Å²) in [6, 6.07) is 0. The van der Waals surface area contributed by atoms with E-state index in [1.807, 2.05) is 0 Å². The Hall–Kier alpha value is -2.63. The first kappa shape index (κ1) is 68.4. The number of esters is 3. The molecule has 0 fully saturated rings. The smallest absolute Gasteiger partial charge is 0.306 e. The molecule has 0 aliphatic carbocycles. The van der Waals surface area contributed by atoms with E-state index in [0.717, 1.165) is 96.3 Å². The van der Waals surface area contributed by atoms with E-state index in [9.17, 15) is 14.4 Å². The fourth-order valence-electron chi connectivity index (χ4n) is 9.20. The quantitative estimate of drug-likeness (QED) is 0.0261. The van der Waals surface area contributed by atoms with Crippen LogP contribution in [0.2, 0.25) is 0 Å². The monoisotopic (exact) mass is 995 g/mol. The predicted molar refractivity (Wildman–Crippen MR) is 307 cm³/mol. The number of ether oxygens (including phenoxy) is 3. The van der Waals surface area contributed by atoms with Crippen molar-refractivity contribution in [2.24, 2.45) is 0 Å². The average Bonchev–Trinajstić information content (AvgIpc) is 3.37. The SMILES string of the molecule is CC/C=C\C/C=C\C/C=C\C/C=C\CCCCCCCCCCC(=O)OC(COC(=O)CCCCCCC)COC(=O)CCCCCCCCCCCCCCCCCCCCCCCCCCCCC. The van der Waals surface area contributed by atoms with Crippen molar-refractivity contribution < 1.29 is 28.6 Å². The summed E-state index contributed by atoms with van der Waals surface area (Å²) in [5.74, 6) is -0.880. The van der Waals surface area contributed by atoms with E-state index < -0.39 is 6.10 Å². The molecule has 6 heteroatoms. The van der Waals surface area contributed by atoms with Crippen LogP contribution in [0.15, 0.2) is 48.6 Å². The summed E-state index contributed by atoms with van der Waals surface area (Å²) in [6.45, 7) is 6.48. The molecule has 0 spiro atoms. The molecule has 0 N–H and O–H groups in total. The van der Waals surface area contributed by atoms with Crippen LogP contribution in [0.4, 0.5) is 0 Å². The van der Waals surface area contributed by atoms with Gasteiger partial charge in [-0.3, -0.25) is 14.4 Å². The lowest BCUT2D eigenvalue weighted by molar-refractivity contribution is -0.167. The van der Waals surface area contributed by atoms with E-state index >= 15 is 0 Å². The van der Waals surface area contributed by atoms with Gasteiger partial charge in [-0.05, 0) is 57.8 Å². The summed E-state index contributed by atoms with van der Waals surface area (Å²) in [6.07, 6.45) is 74.6. The zero-order valence-corrected chi connectivity index (χ0v) is 47.5. The highest BCUT2D eigenvalue weighted by atomic mass is 16.6. The van der Waals surface area contributed by atoms with Gasteiger partial charge in [0.15, 0.2) is 6.10 Å². The van der Waals surface area contributed by atoms with Crippen LogP contribution >= 0.6 is 0 Å². The molecule has 0 rings (SSSR count). The third kappa shape index (κ3) is 58.1. The summed E-state index contributed by atoms with van der Waals surface area (Å²) in [5.41, 5.74) is 0. The number of carbonyl (C=O) groups excluding carboxylic acids is 3. The van der Waals surface area contributed by atoms with Gasteiger partial charge in [-0.15, -0.1) is 0 Å². The second-order valence-electron chi connectivity index (χ2n) is 21.0. The Kier molecular flexibility index (Phi) is 57.7. The highest BCUT2D eigenvalue weighted by Crippen LogP contribution is 2.18. The third-order valence-corrected chi connectivity index (χ3v) is 13.8. The van der Waals surface area contributed by atoms with E-state index in [2.05, 4.69) is 69.4 Å². The first-order chi connectivity index (χ1) is 35.0. The normalized spacial score (nSPS) is 12.3. The van der Waals surface area contributed by atoms with E-state index in [4.69, 9.17) is 14.2 Å². The maximum Gasteiger partial charge on any atom is 0.306 e. The van der Waals surface area contributed by atoms with E-state index in [1.165, 1.54) is 193 Å². The van der Waals surface area contributed by atoms with Gasteiger partial charge in [0.25, 0.3) is 0 Å². The van der Waals surface area contributed by atoms with Gasteiger partial charge in [0, 0.05) is 19.3 Å². The van der Waals surface area contributed by atoms with Crippen molar-refractivity contribution in [3.63, 3.8) is 0 Å². The fraction of sp³-hybridized carbons (Fsp3) is 0.831. The number of allylic oxidation sites excluding steroid dienone is 8. The molecule has 0 aromatic rings. The van der Waals surface area contributed by atoms with Gasteiger partial charge in [0.2, 0.25) is 0 Å². The summed E-state index contributed by atoms with van der Waals surface area (Å²) in [7, 11) is 0. The van der Waals surface area contributed by atoms with E-state index in [1.54, 1.807) is 0 Å². The van der Waals surface area contributed by atoms with Crippen molar-refractivity contribution in [2.75, 3.05) is 13.2 Å². The lowest BCUT2D eigenvalue weighted by atomic mass is 10.0. The van der Waals surface area contributed by atoms with Gasteiger partial charge in [-0.1, -0.05) is 301 Å². The van der Waals surface area contributed by atoms with Gasteiger partial charge in [0.05, 0.1) is 0 Å². The topological polar surface area (TPSA) is 78.9 Å². The summed E-state index contributed by atoms with van der Waals surface area (Å²) in [4.78, 5) is 37.9. The average molecular weight is 996 g/mol. The Morgan fingerprint density at radius 1 is 0.296 bits per heavy atom. The van der Waals surface area contributed by atoms with Crippen LogP contribution in [0.3, 0.4) is 0 Å². The maximum atomic E-state index is 12.8. The van der Waals surface area contributed by atoms with Gasteiger partial charge in [0.1, 0.15) is 13.2 Å². The molecule has 414 valence electrons. The molecular weight excluding hydrogens is 877 g/mol. The minimum absolute atomic E-state index is 0.0733. The number of hydrogen-bond donors (Lipinski definition) is 0. The molecule has 1 unspecified atom stereocenters. The third-order valence-electron chi connectivity index (χ3n) is 13.8. The summed E-state index contributed by atoms with van der Waals surface area (Å²) < 4.78 is 16.8. The molecule has 0 radical (unpaired) electrons. The highest BCUT2D eigenvalue weighted by Gasteiger charge is 2.19. The highest BCUT2D eigenvalue weighted by molar-refractivity contribution is 5.71. The number of rotatable bonds is 57. The standard InChI is InChI=1S/C65H118O6/c1-4-7-10-13-15-17-19-21-23-25-27-29-30-31-32-33-34-36-37-39-41-43-45-47-49-52-55-58-64(67)70-61-62(60-69-63(66)57-54-51-12-9-6-3)71-65(68)59-56-53-50-48-46-44-42-40-38-35-28-26-24-22-20-18-16-14-11-8-5-2/h8,11,16,18,22,24,28,35,62H,4-7,9-10,12-15,17,19-21,23,25-27,29-34,36-61H2,1-3H3/b11-8-,18-16-,24-22-,35-28-. The molecule has 0 bridgehead atoms. The molecule has 0 aliphatic heterocycles. The first-order valence-electron chi connectivity index (χ1n) is 31.1. The van der Waals surface area contributed by atoms with Crippen LogP contribution in [0, 0.1) is 0 Å².